The Balaban J connectivity index is 1.78. The Morgan fingerprint density at radius 3 is 1.48 bits per heavy atom. The second kappa shape index (κ2) is 7.35. The third-order valence-corrected chi connectivity index (χ3v) is 4.40. The van der Waals surface area contributed by atoms with Crippen molar-refractivity contribution in [2.45, 2.75) is 13.1 Å². The van der Waals surface area contributed by atoms with Crippen molar-refractivity contribution in [1.82, 2.24) is 9.80 Å². The van der Waals surface area contributed by atoms with Gasteiger partial charge in [0.1, 0.15) is 0 Å². The molecular weight excluding hydrogens is 300 g/mol. The molecule has 0 aliphatic carbocycles. The molecule has 3 rings (SSSR count). The molecule has 0 radical (unpaired) electrons. The van der Waals surface area contributed by atoms with Crippen LogP contribution in [0, 0.1) is 0 Å². The molecule has 0 aromatic heterocycles. The lowest BCUT2D eigenvalue weighted by Crippen LogP contribution is -2.36. The zero-order chi connectivity index (χ0) is 16.2. The van der Waals surface area contributed by atoms with Gasteiger partial charge in [0.15, 0.2) is 11.5 Å². The quantitative estimate of drug-likeness (QED) is 0.694. The van der Waals surface area contributed by atoms with Gasteiger partial charge in [-0.1, -0.05) is 0 Å². The van der Waals surface area contributed by atoms with Crippen LogP contribution in [0.2, 0.25) is 0 Å². The van der Waals surface area contributed by atoms with Crippen molar-refractivity contribution < 1.29 is 24.8 Å². The summed E-state index contributed by atoms with van der Waals surface area (Å²) in [5.41, 5.74) is 1.26. The lowest BCUT2D eigenvalue weighted by Gasteiger charge is -2.29. The Morgan fingerprint density at radius 2 is 1.09 bits per heavy atom. The molecule has 0 atom stereocenters. The highest BCUT2D eigenvalue weighted by atomic mass is 16.5. The summed E-state index contributed by atoms with van der Waals surface area (Å²) in [5.74, 6) is -0.904. The molecule has 23 heavy (non-hydrogen) atoms. The fourth-order valence-corrected chi connectivity index (χ4v) is 3.00. The van der Waals surface area contributed by atoms with Crippen LogP contribution >= 0.6 is 0 Å². The number of phenolic OH excluding ortho intramolecular Hbond substituents is 3. The Kier molecular flexibility index (Phi) is 5.22. The molecule has 0 bridgehead atoms. The molecule has 2 heterocycles. The van der Waals surface area contributed by atoms with E-state index in [1.54, 1.807) is 6.07 Å². The number of nitrogens with zero attached hydrogens (tertiary/aromatic N) is 2. The fourth-order valence-electron chi connectivity index (χ4n) is 3.00. The molecule has 7 heteroatoms. The monoisotopic (exact) mass is 324 g/mol. The topological polar surface area (TPSA) is 85.6 Å². The van der Waals surface area contributed by atoms with Gasteiger partial charge < -0.3 is 24.8 Å². The van der Waals surface area contributed by atoms with Crippen LogP contribution < -0.4 is 0 Å². The molecule has 1 aromatic carbocycles. The van der Waals surface area contributed by atoms with Gasteiger partial charge in [0.25, 0.3) is 0 Å². The maximum absolute atomic E-state index is 10.1. The van der Waals surface area contributed by atoms with E-state index in [-0.39, 0.29) is 11.5 Å². The van der Waals surface area contributed by atoms with E-state index in [1.165, 1.54) is 0 Å². The van der Waals surface area contributed by atoms with E-state index in [2.05, 4.69) is 9.80 Å². The molecule has 3 N–H and O–H groups in total. The average Bonchev–Trinajstić information content (AvgIpc) is 2.59. The van der Waals surface area contributed by atoms with Crippen molar-refractivity contribution in [3.63, 3.8) is 0 Å². The van der Waals surface area contributed by atoms with E-state index in [9.17, 15) is 15.3 Å². The second-order valence-corrected chi connectivity index (χ2v) is 6.02. The second-order valence-electron chi connectivity index (χ2n) is 6.02. The van der Waals surface area contributed by atoms with E-state index in [0.717, 1.165) is 26.2 Å². The summed E-state index contributed by atoms with van der Waals surface area (Å²) in [6, 6.07) is 1.79. The molecule has 0 amide bonds. The third kappa shape index (κ3) is 3.87. The number of ether oxygens (including phenoxy) is 2. The number of aromatic hydroxyl groups is 3. The van der Waals surface area contributed by atoms with Crippen LogP contribution in [0.3, 0.4) is 0 Å². The number of rotatable bonds is 4. The summed E-state index contributed by atoms with van der Waals surface area (Å²) in [6.07, 6.45) is 0. The zero-order valence-electron chi connectivity index (χ0n) is 13.2. The maximum Gasteiger partial charge on any atom is 0.200 e. The van der Waals surface area contributed by atoms with Gasteiger partial charge in [-0.2, -0.15) is 0 Å². The molecule has 1 aromatic rings. The van der Waals surface area contributed by atoms with Crippen LogP contribution in [0.1, 0.15) is 11.1 Å². The number of benzene rings is 1. The minimum absolute atomic E-state index is 0.236. The van der Waals surface area contributed by atoms with E-state index in [4.69, 9.17) is 9.47 Å². The Bertz CT molecular complexity index is 496. The zero-order valence-corrected chi connectivity index (χ0v) is 13.2. The summed E-state index contributed by atoms with van der Waals surface area (Å²) in [6.45, 7) is 6.91. The van der Waals surface area contributed by atoms with Gasteiger partial charge >= 0.3 is 0 Å². The first-order valence-electron chi connectivity index (χ1n) is 8.01. The van der Waals surface area contributed by atoms with Crippen molar-refractivity contribution in [2.24, 2.45) is 0 Å². The minimum Gasteiger partial charge on any atom is -0.504 e. The van der Waals surface area contributed by atoms with E-state index in [0.29, 0.717) is 50.6 Å². The molecule has 0 unspecified atom stereocenters. The van der Waals surface area contributed by atoms with E-state index < -0.39 is 5.75 Å². The predicted molar refractivity (Wildman–Crippen MR) is 83.6 cm³/mol. The smallest absolute Gasteiger partial charge is 0.200 e. The number of hydrogen-bond acceptors (Lipinski definition) is 7. The lowest BCUT2D eigenvalue weighted by atomic mass is 10.1. The average molecular weight is 324 g/mol. The van der Waals surface area contributed by atoms with Crippen LogP contribution in [0.15, 0.2) is 6.07 Å². The SMILES string of the molecule is Oc1c(CN2CCOCC2)cc(CN2CCOCC2)c(O)c1O. The highest BCUT2D eigenvalue weighted by Crippen LogP contribution is 2.41. The predicted octanol–water partition coefficient (Wildman–Crippen LogP) is 0.468. The van der Waals surface area contributed by atoms with Crippen LogP contribution in [-0.4, -0.2) is 77.7 Å². The highest BCUT2D eigenvalue weighted by molar-refractivity contribution is 5.57. The molecular formula is C16H24N2O5. The van der Waals surface area contributed by atoms with Gasteiger partial charge in [-0.3, -0.25) is 9.80 Å². The largest absolute Gasteiger partial charge is 0.504 e. The normalized spacial score (nSPS) is 20.7. The standard InChI is InChI=1S/C16H24N2O5/c19-14-12(10-17-1-5-22-6-2-17)9-13(15(20)16(14)21)11-18-3-7-23-8-4-18/h9,19-21H,1-8,10-11H2. The van der Waals surface area contributed by atoms with Crippen LogP contribution in [0.5, 0.6) is 17.2 Å². The van der Waals surface area contributed by atoms with Gasteiger partial charge in [-0.25, -0.2) is 0 Å². The van der Waals surface area contributed by atoms with Crippen LogP contribution in [0.4, 0.5) is 0 Å². The molecule has 128 valence electrons. The molecule has 0 saturated carbocycles. The van der Waals surface area contributed by atoms with Crippen molar-refractivity contribution in [3.8, 4) is 17.2 Å². The van der Waals surface area contributed by atoms with Crippen molar-refractivity contribution in [1.29, 1.82) is 0 Å². The van der Waals surface area contributed by atoms with E-state index in [1.807, 2.05) is 0 Å². The maximum atomic E-state index is 10.1. The lowest BCUT2D eigenvalue weighted by molar-refractivity contribution is 0.0329. The highest BCUT2D eigenvalue weighted by Gasteiger charge is 2.21. The van der Waals surface area contributed by atoms with Gasteiger partial charge in [-0.15, -0.1) is 0 Å². The van der Waals surface area contributed by atoms with Crippen molar-refractivity contribution in [3.05, 3.63) is 17.2 Å². The summed E-state index contributed by atoms with van der Waals surface area (Å²) >= 11 is 0. The third-order valence-electron chi connectivity index (χ3n) is 4.40. The van der Waals surface area contributed by atoms with Crippen molar-refractivity contribution in [2.75, 3.05) is 52.6 Å². The number of hydrogen-bond donors (Lipinski definition) is 3. The van der Waals surface area contributed by atoms with Gasteiger partial charge in [0, 0.05) is 50.4 Å². The fraction of sp³-hybridized carbons (Fsp3) is 0.625. The first-order chi connectivity index (χ1) is 11.1. The number of morpholine rings is 2. The Morgan fingerprint density at radius 1 is 0.696 bits per heavy atom. The molecule has 2 aliphatic rings. The summed E-state index contributed by atoms with van der Waals surface area (Å²) in [5, 5.41) is 30.3. The number of phenols is 3. The summed E-state index contributed by atoms with van der Waals surface area (Å²) < 4.78 is 10.6. The Hall–Kier alpha value is -1.54. The minimum atomic E-state index is -0.431. The molecule has 2 aliphatic heterocycles. The molecule has 7 nitrogen and oxygen atoms in total. The molecule has 0 spiro atoms. The van der Waals surface area contributed by atoms with Gasteiger partial charge in [0.2, 0.25) is 5.75 Å². The Labute approximate surface area is 135 Å². The summed E-state index contributed by atoms with van der Waals surface area (Å²) in [7, 11) is 0. The molecule has 2 fully saturated rings. The van der Waals surface area contributed by atoms with Crippen molar-refractivity contribution >= 4 is 0 Å². The van der Waals surface area contributed by atoms with Crippen LogP contribution in [-0.2, 0) is 22.6 Å². The summed E-state index contributed by atoms with van der Waals surface area (Å²) in [4.78, 5) is 4.32. The van der Waals surface area contributed by atoms with Gasteiger partial charge in [0.05, 0.1) is 26.4 Å². The van der Waals surface area contributed by atoms with Gasteiger partial charge in [-0.05, 0) is 6.07 Å². The molecule has 2 saturated heterocycles. The van der Waals surface area contributed by atoms with Crippen LogP contribution in [0.25, 0.3) is 0 Å². The van der Waals surface area contributed by atoms with E-state index >= 15 is 0 Å². The first kappa shape index (κ1) is 16.3. The first-order valence-corrected chi connectivity index (χ1v) is 8.01.